The van der Waals surface area contributed by atoms with Gasteiger partial charge in [-0.15, -0.1) is 0 Å². The fourth-order valence-electron chi connectivity index (χ4n) is 1.81. The van der Waals surface area contributed by atoms with Gasteiger partial charge in [0.2, 0.25) is 0 Å². The fraction of sp³-hybridized carbons (Fsp3) is 0.692. The molecule has 5 nitrogen and oxygen atoms in total. The molecule has 1 aromatic rings. The van der Waals surface area contributed by atoms with Crippen molar-refractivity contribution < 1.29 is 0 Å². The number of aromatic nitrogens is 2. The van der Waals surface area contributed by atoms with E-state index in [1.165, 1.54) is 0 Å². The van der Waals surface area contributed by atoms with E-state index >= 15 is 0 Å². The van der Waals surface area contributed by atoms with Crippen LogP contribution in [0.3, 0.4) is 0 Å². The van der Waals surface area contributed by atoms with E-state index in [9.17, 15) is 0 Å². The number of aryl methyl sites for hydroxylation is 1. The van der Waals surface area contributed by atoms with Gasteiger partial charge in [-0.25, -0.2) is 4.98 Å². The first kappa shape index (κ1) is 14.7. The highest BCUT2D eigenvalue weighted by atomic mass is 15.1. The lowest BCUT2D eigenvalue weighted by molar-refractivity contribution is 0.293. The van der Waals surface area contributed by atoms with E-state index in [0.717, 1.165) is 31.8 Å². The van der Waals surface area contributed by atoms with Crippen LogP contribution in [0.5, 0.6) is 0 Å². The molecule has 0 fully saturated rings. The summed E-state index contributed by atoms with van der Waals surface area (Å²) in [7, 11) is 5.92. The van der Waals surface area contributed by atoms with E-state index in [4.69, 9.17) is 5.26 Å². The summed E-state index contributed by atoms with van der Waals surface area (Å²) in [5, 5.41) is 12.1. The molecule has 1 rings (SSSR count). The third-order valence-corrected chi connectivity index (χ3v) is 3.35. The first-order chi connectivity index (χ1) is 8.50. The molecule has 1 N–H and O–H groups in total. The van der Waals surface area contributed by atoms with Crippen LogP contribution >= 0.6 is 0 Å². The van der Waals surface area contributed by atoms with E-state index < -0.39 is 5.54 Å². The zero-order valence-corrected chi connectivity index (χ0v) is 11.8. The molecule has 1 aromatic heterocycles. The Balaban J connectivity index is 2.32. The largest absolute Gasteiger partial charge is 0.337 e. The Kier molecular flexibility index (Phi) is 5.32. The minimum absolute atomic E-state index is 0.413. The van der Waals surface area contributed by atoms with Gasteiger partial charge in [0.25, 0.3) is 0 Å². The Hall–Kier alpha value is -1.38. The van der Waals surface area contributed by atoms with Gasteiger partial charge in [0.1, 0.15) is 11.4 Å². The topological polar surface area (TPSA) is 56.9 Å². The second kappa shape index (κ2) is 6.53. The molecule has 0 spiro atoms. The van der Waals surface area contributed by atoms with E-state index in [1.54, 1.807) is 0 Å². The number of nitrogens with one attached hydrogen (secondary N) is 1. The predicted molar refractivity (Wildman–Crippen MR) is 71.9 cm³/mol. The molecule has 0 bridgehead atoms. The molecule has 1 unspecified atom stereocenters. The molecule has 0 aromatic carbocycles. The van der Waals surface area contributed by atoms with Crippen molar-refractivity contribution >= 4 is 0 Å². The van der Waals surface area contributed by atoms with E-state index in [-0.39, 0.29) is 0 Å². The summed E-state index contributed by atoms with van der Waals surface area (Å²) in [5.74, 6) is 1.06. The van der Waals surface area contributed by atoms with Crippen LogP contribution in [-0.4, -0.2) is 40.6 Å². The lowest BCUT2D eigenvalue weighted by Crippen LogP contribution is -2.38. The van der Waals surface area contributed by atoms with Crippen LogP contribution in [0, 0.1) is 11.3 Å². The van der Waals surface area contributed by atoms with E-state index in [1.807, 2.05) is 38.0 Å². The van der Waals surface area contributed by atoms with E-state index in [0.29, 0.717) is 0 Å². The first-order valence-electron chi connectivity index (χ1n) is 6.25. The van der Waals surface area contributed by atoms with Crippen LogP contribution in [0.2, 0.25) is 0 Å². The maximum Gasteiger partial charge on any atom is 0.122 e. The first-order valence-corrected chi connectivity index (χ1v) is 6.25. The summed E-state index contributed by atoms with van der Waals surface area (Å²) < 4.78 is 2.03. The molecule has 5 heteroatoms. The van der Waals surface area contributed by atoms with Crippen molar-refractivity contribution in [2.75, 3.05) is 20.6 Å². The van der Waals surface area contributed by atoms with Gasteiger partial charge in [-0.3, -0.25) is 4.90 Å². The molecule has 0 aliphatic rings. The monoisotopic (exact) mass is 249 g/mol. The molecule has 18 heavy (non-hydrogen) atoms. The summed E-state index contributed by atoms with van der Waals surface area (Å²) in [6.07, 6.45) is 5.62. The Morgan fingerprint density at radius 2 is 2.33 bits per heavy atom. The van der Waals surface area contributed by atoms with Gasteiger partial charge < -0.3 is 9.88 Å². The SMILES string of the molecule is CNC(C)(C#N)CCCN(C)Cc1nccn1C. The Morgan fingerprint density at radius 3 is 2.83 bits per heavy atom. The molecule has 0 amide bonds. The maximum atomic E-state index is 9.05. The standard InChI is InChI=1S/C13H23N5/c1-13(11-14,15-2)6-5-8-17(3)10-12-16-7-9-18(12)4/h7,9,15H,5-6,8,10H2,1-4H3. The zero-order chi connectivity index (χ0) is 13.6. The maximum absolute atomic E-state index is 9.05. The second-order valence-corrected chi connectivity index (χ2v) is 4.99. The highest BCUT2D eigenvalue weighted by Gasteiger charge is 2.20. The van der Waals surface area contributed by atoms with Gasteiger partial charge in [0.15, 0.2) is 0 Å². The lowest BCUT2D eigenvalue weighted by Gasteiger charge is -2.22. The number of rotatable bonds is 7. The second-order valence-electron chi connectivity index (χ2n) is 4.99. The summed E-state index contributed by atoms with van der Waals surface area (Å²) in [6, 6.07) is 2.31. The number of hydrogen-bond donors (Lipinski definition) is 1. The average molecular weight is 249 g/mol. The van der Waals surface area contributed by atoms with Crippen molar-refractivity contribution in [2.45, 2.75) is 31.8 Å². The normalized spacial score (nSPS) is 14.4. The van der Waals surface area contributed by atoms with Crippen molar-refractivity contribution in [1.29, 1.82) is 5.26 Å². The third kappa shape index (κ3) is 4.13. The van der Waals surface area contributed by atoms with Crippen LogP contribution in [0.4, 0.5) is 0 Å². The smallest absolute Gasteiger partial charge is 0.122 e. The van der Waals surface area contributed by atoms with Crippen molar-refractivity contribution in [3.05, 3.63) is 18.2 Å². The van der Waals surface area contributed by atoms with Crippen molar-refractivity contribution in [3.63, 3.8) is 0 Å². The fourth-order valence-corrected chi connectivity index (χ4v) is 1.81. The predicted octanol–water partition coefficient (Wildman–Crippen LogP) is 1.13. The quantitative estimate of drug-likeness (QED) is 0.787. The van der Waals surface area contributed by atoms with Gasteiger partial charge in [0, 0.05) is 19.4 Å². The molecule has 0 aliphatic carbocycles. The molecule has 100 valence electrons. The number of hydrogen-bond acceptors (Lipinski definition) is 4. The molecule has 0 saturated carbocycles. The van der Waals surface area contributed by atoms with Crippen LogP contribution < -0.4 is 5.32 Å². The minimum Gasteiger partial charge on any atom is -0.337 e. The molecule has 0 saturated heterocycles. The Labute approximate surface area is 109 Å². The van der Waals surface area contributed by atoms with Crippen LogP contribution in [0.1, 0.15) is 25.6 Å². The number of nitrogens with zero attached hydrogens (tertiary/aromatic N) is 4. The highest BCUT2D eigenvalue weighted by Crippen LogP contribution is 2.11. The summed E-state index contributed by atoms with van der Waals surface area (Å²) in [6.45, 7) is 3.74. The number of nitriles is 1. The Bertz CT molecular complexity index is 406. The molecular formula is C13H23N5. The third-order valence-electron chi connectivity index (χ3n) is 3.35. The molecule has 1 heterocycles. The van der Waals surface area contributed by atoms with Gasteiger partial charge in [-0.1, -0.05) is 0 Å². The van der Waals surface area contributed by atoms with Crippen LogP contribution in [0.15, 0.2) is 12.4 Å². The van der Waals surface area contributed by atoms with Crippen LogP contribution in [0.25, 0.3) is 0 Å². The van der Waals surface area contributed by atoms with Crippen molar-refractivity contribution in [1.82, 2.24) is 19.8 Å². The highest BCUT2D eigenvalue weighted by molar-refractivity contribution is 5.02. The molecule has 0 radical (unpaired) electrons. The number of imidazole rings is 1. The van der Waals surface area contributed by atoms with E-state index in [2.05, 4.69) is 28.3 Å². The lowest BCUT2D eigenvalue weighted by atomic mass is 9.98. The van der Waals surface area contributed by atoms with Crippen molar-refractivity contribution in [2.24, 2.45) is 7.05 Å². The zero-order valence-electron chi connectivity index (χ0n) is 11.8. The molecular weight excluding hydrogens is 226 g/mol. The van der Waals surface area contributed by atoms with Gasteiger partial charge >= 0.3 is 0 Å². The summed E-state index contributed by atoms with van der Waals surface area (Å²) in [5.41, 5.74) is -0.413. The Morgan fingerprint density at radius 1 is 1.61 bits per heavy atom. The van der Waals surface area contributed by atoms with Crippen LogP contribution in [-0.2, 0) is 13.6 Å². The van der Waals surface area contributed by atoms with Crippen molar-refractivity contribution in [3.8, 4) is 6.07 Å². The average Bonchev–Trinajstić information content (AvgIpc) is 2.75. The van der Waals surface area contributed by atoms with Gasteiger partial charge in [-0.2, -0.15) is 5.26 Å². The molecule has 1 atom stereocenters. The summed E-state index contributed by atoms with van der Waals surface area (Å²) >= 11 is 0. The summed E-state index contributed by atoms with van der Waals surface area (Å²) in [4.78, 5) is 6.53. The van der Waals surface area contributed by atoms with Gasteiger partial charge in [0.05, 0.1) is 12.6 Å². The molecule has 0 aliphatic heterocycles. The van der Waals surface area contributed by atoms with Gasteiger partial charge in [-0.05, 0) is 40.4 Å². The minimum atomic E-state index is -0.413.